The van der Waals surface area contributed by atoms with Gasteiger partial charge in [-0.2, -0.15) is 4.98 Å². The van der Waals surface area contributed by atoms with E-state index in [1.165, 1.54) is 17.2 Å². The van der Waals surface area contributed by atoms with Gasteiger partial charge >= 0.3 is 0 Å². The summed E-state index contributed by atoms with van der Waals surface area (Å²) in [5, 5.41) is 26.7. The summed E-state index contributed by atoms with van der Waals surface area (Å²) in [4.78, 5) is 41.5. The van der Waals surface area contributed by atoms with Gasteiger partial charge in [0.1, 0.15) is 24.0 Å². The van der Waals surface area contributed by atoms with Crippen molar-refractivity contribution in [1.29, 1.82) is 0 Å². The SMILES string of the molecule is CC(C)c1ccccc1[C@@H]1COCCN1C1CC2(CCN(c3ccc(C(=O)NS(=O)(=O)c4cc5c(c([N+](=O)[O-])c4)N[C@H](CC4CCC(O)CC4)CO5)c(N4c5cc6cc[nH]c6nc5O[C@H]5COCC[C@@H]54)c3)CC2)C1. The van der Waals surface area contributed by atoms with Crippen LogP contribution in [-0.4, -0.2) is 122 Å². The number of nitro benzene ring substituents is 1. The van der Waals surface area contributed by atoms with E-state index in [1.54, 1.807) is 12.3 Å². The maximum Gasteiger partial charge on any atom is 0.297 e. The zero-order valence-electron chi connectivity index (χ0n) is 42.0. The first kappa shape index (κ1) is 48.9. The molecule has 0 unspecified atom stereocenters. The Morgan fingerprint density at radius 1 is 0.946 bits per heavy atom. The van der Waals surface area contributed by atoms with Gasteiger partial charge < -0.3 is 44.2 Å². The molecule has 4 N–H and O–H groups in total. The molecule has 392 valence electrons. The minimum absolute atomic E-state index is 0.0184. The van der Waals surface area contributed by atoms with Crippen LogP contribution in [0.2, 0.25) is 0 Å². The molecule has 18 nitrogen and oxygen atoms in total. The number of morpholine rings is 1. The maximum atomic E-state index is 14.8. The fourth-order valence-electron chi connectivity index (χ4n) is 13.3. The molecule has 7 heterocycles. The zero-order valence-corrected chi connectivity index (χ0v) is 42.9. The van der Waals surface area contributed by atoms with E-state index in [9.17, 15) is 28.4 Å². The highest BCUT2D eigenvalue weighted by Crippen LogP contribution is 2.54. The first-order chi connectivity index (χ1) is 35.8. The van der Waals surface area contributed by atoms with Crippen LogP contribution in [0.15, 0.2) is 77.8 Å². The van der Waals surface area contributed by atoms with Crippen molar-refractivity contribution in [3.63, 3.8) is 0 Å². The van der Waals surface area contributed by atoms with Crippen LogP contribution >= 0.6 is 0 Å². The lowest BCUT2D eigenvalue weighted by Crippen LogP contribution is -2.58. The number of pyridine rings is 1. The Bertz CT molecular complexity index is 3050. The summed E-state index contributed by atoms with van der Waals surface area (Å²) >= 11 is 0. The molecule has 3 saturated heterocycles. The summed E-state index contributed by atoms with van der Waals surface area (Å²) in [5.41, 5.74) is 5.40. The van der Waals surface area contributed by atoms with Crippen LogP contribution in [0.5, 0.6) is 11.6 Å². The first-order valence-electron chi connectivity index (χ1n) is 26.6. The summed E-state index contributed by atoms with van der Waals surface area (Å²) in [6, 6.07) is 20.7. The highest BCUT2D eigenvalue weighted by molar-refractivity contribution is 7.90. The third-order valence-electron chi connectivity index (χ3n) is 17.2. The number of nitrogens with zero attached hydrogens (tertiary/aromatic N) is 5. The number of aromatic nitrogens is 2. The largest absolute Gasteiger partial charge is 0.489 e. The van der Waals surface area contributed by atoms with Gasteiger partial charge in [0.15, 0.2) is 11.4 Å². The number of ether oxygens (including phenoxy) is 4. The number of sulfonamides is 1. The van der Waals surface area contributed by atoms with Crippen molar-refractivity contribution in [2.45, 2.75) is 125 Å². The number of nitro groups is 1. The summed E-state index contributed by atoms with van der Waals surface area (Å²) < 4.78 is 55.7. The molecule has 0 radical (unpaired) electrons. The number of piperidine rings is 1. The van der Waals surface area contributed by atoms with Gasteiger partial charge in [0.2, 0.25) is 5.88 Å². The molecule has 5 fully saturated rings. The normalized spacial score (nSPS) is 26.0. The van der Waals surface area contributed by atoms with Crippen LogP contribution in [0.1, 0.15) is 112 Å². The van der Waals surface area contributed by atoms with Gasteiger partial charge in [-0.3, -0.25) is 19.8 Å². The number of anilines is 4. The number of aliphatic hydroxyl groups excluding tert-OH is 1. The van der Waals surface area contributed by atoms with Crippen molar-refractivity contribution in [2.24, 2.45) is 11.3 Å². The summed E-state index contributed by atoms with van der Waals surface area (Å²) in [7, 11) is -4.71. The van der Waals surface area contributed by atoms with Gasteiger partial charge in [0.05, 0.1) is 65.1 Å². The van der Waals surface area contributed by atoms with E-state index >= 15 is 0 Å². The van der Waals surface area contributed by atoms with Crippen LogP contribution < -0.4 is 29.3 Å². The Labute approximate surface area is 431 Å². The first-order valence-corrected chi connectivity index (χ1v) is 28.1. The molecule has 12 rings (SSSR count). The fraction of sp³-hybridized carbons (Fsp3) is 0.527. The zero-order chi connectivity index (χ0) is 50.9. The summed E-state index contributed by atoms with van der Waals surface area (Å²) in [6.45, 7) is 9.46. The Morgan fingerprint density at radius 2 is 1.74 bits per heavy atom. The van der Waals surface area contributed by atoms with Crippen molar-refractivity contribution >= 4 is 55.4 Å². The number of hydrogen-bond acceptors (Lipinski definition) is 15. The topological polar surface area (TPSA) is 214 Å². The maximum absolute atomic E-state index is 14.8. The number of benzene rings is 3. The second-order valence-corrected chi connectivity index (χ2v) is 23.8. The molecule has 2 aliphatic carbocycles. The Hall–Kier alpha value is -5.99. The molecule has 0 bridgehead atoms. The lowest BCUT2D eigenvalue weighted by molar-refractivity contribution is -0.384. The number of carbonyl (C=O) groups excluding carboxylic acids is 1. The van der Waals surface area contributed by atoms with Crippen LogP contribution in [0.4, 0.5) is 28.4 Å². The Kier molecular flexibility index (Phi) is 13.0. The molecule has 1 spiro atoms. The van der Waals surface area contributed by atoms with Gasteiger partial charge in [-0.15, -0.1) is 0 Å². The molecule has 1 amide bonds. The molecule has 74 heavy (non-hydrogen) atoms. The quantitative estimate of drug-likeness (QED) is 0.0723. The van der Waals surface area contributed by atoms with Crippen molar-refractivity contribution in [3.8, 4) is 11.6 Å². The highest BCUT2D eigenvalue weighted by atomic mass is 32.2. The standard InChI is InChI=1S/C55H66N8O10S/c1-33(2)41-5-3-4-6-42(41)48-31-71-22-20-61(48)38-28-55(29-38)15-18-60(19-16-55)37-9-12-43(45(25-37)62-44-14-21-70-32-50(44)73-54-47(62)24-35-13-17-56-52(35)58-54)53(65)59-74(68,69)40-26-46(63(66)67)51-49(27-40)72-30-36(57-51)23-34-7-10-39(64)11-8-34/h3-6,9,12-13,17,24-27,33-34,36,38-39,44,48,50,57,64H,7-8,10-11,14-16,18-23,28-32H2,1-2H3,(H,56,58)(H,59,65)/t34?,36-,39?,44+,48+,50+/m1/s1. The predicted octanol–water partition coefficient (Wildman–Crippen LogP) is 8.34. The number of hydrogen-bond donors (Lipinski definition) is 4. The number of aromatic amines is 1. The molecular weight excluding hydrogens is 965 g/mol. The molecule has 19 heteroatoms. The second kappa shape index (κ2) is 19.6. The lowest BCUT2D eigenvalue weighted by Gasteiger charge is -2.57. The van der Waals surface area contributed by atoms with Gasteiger partial charge in [0, 0.05) is 61.7 Å². The molecular formula is C55H66N8O10S. The second-order valence-electron chi connectivity index (χ2n) is 22.1. The van der Waals surface area contributed by atoms with E-state index in [2.05, 4.69) is 67.8 Å². The van der Waals surface area contributed by atoms with E-state index in [1.807, 2.05) is 24.3 Å². The molecule has 5 aromatic rings. The van der Waals surface area contributed by atoms with Crippen LogP contribution in [0.25, 0.3) is 11.0 Å². The van der Waals surface area contributed by atoms with Crippen molar-refractivity contribution < 1.29 is 42.2 Å². The third-order valence-corrected chi connectivity index (χ3v) is 18.6. The number of H-pyrrole nitrogens is 1. The Morgan fingerprint density at radius 3 is 2.54 bits per heavy atom. The van der Waals surface area contributed by atoms with Gasteiger partial charge in [-0.05, 0) is 123 Å². The highest BCUT2D eigenvalue weighted by Gasteiger charge is 2.50. The van der Waals surface area contributed by atoms with Crippen LogP contribution in [0, 0.1) is 21.4 Å². The number of amides is 1. The number of nitrogens with one attached hydrogen (secondary N) is 3. The number of aliphatic hydroxyl groups is 1. The minimum atomic E-state index is -4.71. The Balaban J connectivity index is 0.825. The average Bonchev–Trinajstić information content (AvgIpc) is 3.87. The average molecular weight is 1030 g/mol. The lowest BCUT2D eigenvalue weighted by atomic mass is 9.59. The fourth-order valence-corrected chi connectivity index (χ4v) is 14.3. The van der Waals surface area contributed by atoms with Crippen LogP contribution in [0.3, 0.4) is 0 Å². The van der Waals surface area contributed by atoms with Gasteiger partial charge in [-0.1, -0.05) is 38.1 Å². The van der Waals surface area contributed by atoms with Gasteiger partial charge in [0.25, 0.3) is 21.6 Å². The monoisotopic (exact) mass is 1030 g/mol. The van der Waals surface area contributed by atoms with E-state index in [0.717, 1.165) is 81.9 Å². The molecule has 2 saturated carbocycles. The summed E-state index contributed by atoms with van der Waals surface area (Å²) in [6.07, 6.45) is 9.77. The third kappa shape index (κ3) is 9.21. The molecule has 7 aliphatic rings. The molecule has 5 aliphatic heterocycles. The van der Waals surface area contributed by atoms with Crippen molar-refractivity contribution in [1.82, 2.24) is 19.6 Å². The van der Waals surface area contributed by atoms with E-state index in [0.29, 0.717) is 86.3 Å². The number of rotatable bonds is 11. The number of fused-ring (bicyclic) bond motifs is 4. The van der Waals surface area contributed by atoms with E-state index in [-0.39, 0.29) is 53.3 Å². The molecule has 4 atom stereocenters. The van der Waals surface area contributed by atoms with Crippen molar-refractivity contribution in [3.05, 3.63) is 99.7 Å². The molecule has 2 aromatic heterocycles. The summed E-state index contributed by atoms with van der Waals surface area (Å²) in [5.74, 6) is 0.232. The van der Waals surface area contributed by atoms with E-state index in [4.69, 9.17) is 23.9 Å². The van der Waals surface area contributed by atoms with Gasteiger partial charge in [-0.25, -0.2) is 13.1 Å². The predicted molar refractivity (Wildman–Crippen MR) is 279 cm³/mol. The number of carbonyl (C=O) groups is 1. The van der Waals surface area contributed by atoms with Crippen molar-refractivity contribution in [2.75, 3.05) is 67.8 Å². The molecule has 3 aromatic carbocycles. The smallest absolute Gasteiger partial charge is 0.297 e. The van der Waals surface area contributed by atoms with Crippen LogP contribution in [-0.2, 0) is 19.5 Å². The van der Waals surface area contributed by atoms with E-state index < -0.39 is 37.5 Å². The minimum Gasteiger partial charge on any atom is -0.489 e.